The van der Waals surface area contributed by atoms with Crippen LogP contribution in [0, 0.1) is 10.8 Å². The molecule has 0 saturated heterocycles. The predicted octanol–water partition coefficient (Wildman–Crippen LogP) is 4.19. The van der Waals surface area contributed by atoms with Crippen LogP contribution in [0.5, 0.6) is 5.75 Å². The van der Waals surface area contributed by atoms with Crippen molar-refractivity contribution in [2.75, 3.05) is 0 Å². The zero-order chi connectivity index (χ0) is 15.2. The number of nitrogens with one attached hydrogen (secondary N) is 2. The highest BCUT2D eigenvalue weighted by atomic mass is 35.5. The molecular formula is C16H13ClN2O2. The minimum atomic E-state index is -0.148. The molecule has 21 heavy (non-hydrogen) atoms. The van der Waals surface area contributed by atoms with Crippen molar-refractivity contribution in [3.05, 3.63) is 64.7 Å². The standard InChI is InChI=1S/C16H13ClN2O2/c17-13-5-1-11(2-6-13)9-15(16(19)21-10-18)12-3-7-14(20)8-4-12/h1-10,18-20H. The lowest BCUT2D eigenvalue weighted by Crippen LogP contribution is -2.04. The summed E-state index contributed by atoms with van der Waals surface area (Å²) in [6.45, 7) is 0. The molecule has 0 aliphatic rings. The highest BCUT2D eigenvalue weighted by molar-refractivity contribution is 6.30. The summed E-state index contributed by atoms with van der Waals surface area (Å²) in [6.07, 6.45) is 2.47. The molecule has 0 fully saturated rings. The second-order valence-corrected chi connectivity index (χ2v) is 4.66. The van der Waals surface area contributed by atoms with Crippen molar-refractivity contribution < 1.29 is 9.84 Å². The Morgan fingerprint density at radius 2 is 1.67 bits per heavy atom. The van der Waals surface area contributed by atoms with E-state index < -0.39 is 0 Å². The highest BCUT2D eigenvalue weighted by Gasteiger charge is 2.10. The molecule has 0 spiro atoms. The molecule has 0 bridgehead atoms. The Kier molecular flexibility index (Phi) is 4.74. The topological polar surface area (TPSA) is 77.2 Å². The molecule has 0 unspecified atom stereocenters. The van der Waals surface area contributed by atoms with Crippen molar-refractivity contribution >= 4 is 35.5 Å². The molecule has 2 rings (SSSR count). The number of phenolic OH excluding ortho intramolecular Hbond substituents is 1. The molecule has 4 nitrogen and oxygen atoms in total. The summed E-state index contributed by atoms with van der Waals surface area (Å²) in [5.41, 5.74) is 2.05. The van der Waals surface area contributed by atoms with Crippen LogP contribution in [-0.2, 0) is 4.74 Å². The summed E-state index contributed by atoms with van der Waals surface area (Å²) < 4.78 is 4.85. The first kappa shape index (κ1) is 14.8. The molecule has 0 heterocycles. The zero-order valence-electron chi connectivity index (χ0n) is 11.0. The molecule has 0 amide bonds. The van der Waals surface area contributed by atoms with E-state index in [1.165, 1.54) is 12.1 Å². The van der Waals surface area contributed by atoms with E-state index in [1.807, 2.05) is 12.1 Å². The molecule has 5 heteroatoms. The number of ether oxygens (including phenoxy) is 1. The molecule has 0 aliphatic carbocycles. The van der Waals surface area contributed by atoms with Crippen molar-refractivity contribution in [3.8, 4) is 5.75 Å². The highest BCUT2D eigenvalue weighted by Crippen LogP contribution is 2.23. The number of halogens is 1. The van der Waals surface area contributed by atoms with Crippen molar-refractivity contribution in [1.82, 2.24) is 0 Å². The second-order valence-electron chi connectivity index (χ2n) is 4.22. The van der Waals surface area contributed by atoms with E-state index in [9.17, 15) is 5.11 Å². The molecular weight excluding hydrogens is 288 g/mol. The van der Waals surface area contributed by atoms with Crippen molar-refractivity contribution in [1.29, 1.82) is 10.8 Å². The van der Waals surface area contributed by atoms with Crippen molar-refractivity contribution in [3.63, 3.8) is 0 Å². The van der Waals surface area contributed by atoms with Crippen LogP contribution in [0.1, 0.15) is 11.1 Å². The molecule has 0 atom stereocenters. The Hall–Kier alpha value is -2.59. The Morgan fingerprint density at radius 3 is 2.24 bits per heavy atom. The molecule has 0 saturated carbocycles. The first-order valence-electron chi connectivity index (χ1n) is 6.11. The normalized spacial score (nSPS) is 11.0. The quantitative estimate of drug-likeness (QED) is 0.450. The third kappa shape index (κ3) is 3.94. The van der Waals surface area contributed by atoms with Gasteiger partial charge in [0.2, 0.25) is 5.90 Å². The van der Waals surface area contributed by atoms with E-state index in [0.29, 0.717) is 22.6 Å². The van der Waals surface area contributed by atoms with Gasteiger partial charge in [0.25, 0.3) is 0 Å². The van der Waals surface area contributed by atoms with Gasteiger partial charge in [0.05, 0.1) is 0 Å². The Bertz CT molecular complexity index is 676. The largest absolute Gasteiger partial charge is 0.508 e. The van der Waals surface area contributed by atoms with Gasteiger partial charge in [0.1, 0.15) is 5.75 Å². The van der Waals surface area contributed by atoms with Gasteiger partial charge >= 0.3 is 0 Å². The molecule has 0 radical (unpaired) electrons. The lowest BCUT2D eigenvalue weighted by molar-refractivity contribution is 0.475. The molecule has 2 aromatic rings. The van der Waals surface area contributed by atoms with E-state index in [1.54, 1.807) is 30.3 Å². The molecule has 106 valence electrons. The van der Waals surface area contributed by atoms with Crippen LogP contribution in [-0.4, -0.2) is 17.4 Å². The number of hydrogen-bond donors (Lipinski definition) is 3. The van der Waals surface area contributed by atoms with Crippen molar-refractivity contribution in [2.24, 2.45) is 0 Å². The first-order valence-corrected chi connectivity index (χ1v) is 6.49. The minimum absolute atomic E-state index is 0.143. The van der Waals surface area contributed by atoms with Gasteiger partial charge in [-0.15, -0.1) is 0 Å². The number of benzene rings is 2. The fraction of sp³-hybridized carbons (Fsp3) is 0. The predicted molar refractivity (Wildman–Crippen MR) is 85.0 cm³/mol. The summed E-state index contributed by atoms with van der Waals surface area (Å²) >= 11 is 5.85. The van der Waals surface area contributed by atoms with Gasteiger partial charge in [-0.25, -0.2) is 0 Å². The minimum Gasteiger partial charge on any atom is -0.508 e. The Morgan fingerprint density at radius 1 is 1.05 bits per heavy atom. The maximum Gasteiger partial charge on any atom is 0.221 e. The summed E-state index contributed by atoms with van der Waals surface area (Å²) in [7, 11) is 0. The average molecular weight is 301 g/mol. The van der Waals surface area contributed by atoms with E-state index in [0.717, 1.165) is 5.56 Å². The number of aromatic hydroxyl groups is 1. The zero-order valence-corrected chi connectivity index (χ0v) is 11.8. The SMILES string of the molecule is N=COC(=N)C(=Cc1ccc(Cl)cc1)c1ccc(O)cc1. The van der Waals surface area contributed by atoms with Crippen LogP contribution in [0.25, 0.3) is 11.6 Å². The van der Waals surface area contributed by atoms with Crippen LogP contribution in [0.15, 0.2) is 48.5 Å². The van der Waals surface area contributed by atoms with E-state index >= 15 is 0 Å². The van der Waals surface area contributed by atoms with E-state index in [-0.39, 0.29) is 11.6 Å². The lowest BCUT2D eigenvalue weighted by atomic mass is 10.0. The van der Waals surface area contributed by atoms with E-state index in [4.69, 9.17) is 27.2 Å². The molecule has 0 aliphatic heterocycles. The van der Waals surface area contributed by atoms with Gasteiger partial charge in [-0.05, 0) is 41.5 Å². The van der Waals surface area contributed by atoms with Crippen LogP contribution >= 0.6 is 11.6 Å². The maximum absolute atomic E-state index is 9.35. The summed E-state index contributed by atoms with van der Waals surface area (Å²) in [5.74, 6) is -0.00487. The van der Waals surface area contributed by atoms with Gasteiger partial charge < -0.3 is 9.84 Å². The monoisotopic (exact) mass is 300 g/mol. The molecule has 0 aromatic heterocycles. The summed E-state index contributed by atoms with van der Waals surface area (Å²) in [6, 6.07) is 13.6. The van der Waals surface area contributed by atoms with Crippen LogP contribution in [0.3, 0.4) is 0 Å². The van der Waals surface area contributed by atoms with Crippen LogP contribution < -0.4 is 0 Å². The lowest BCUT2D eigenvalue weighted by Gasteiger charge is -2.08. The Labute approximate surface area is 127 Å². The third-order valence-corrected chi connectivity index (χ3v) is 3.03. The van der Waals surface area contributed by atoms with Gasteiger partial charge in [0.15, 0.2) is 6.40 Å². The number of phenols is 1. The fourth-order valence-corrected chi connectivity index (χ4v) is 1.90. The van der Waals surface area contributed by atoms with Gasteiger partial charge in [-0.2, -0.15) is 0 Å². The number of hydrogen-bond acceptors (Lipinski definition) is 4. The summed E-state index contributed by atoms with van der Waals surface area (Å²) in [5, 5.41) is 24.8. The van der Waals surface area contributed by atoms with Crippen LogP contribution in [0.2, 0.25) is 5.02 Å². The Balaban J connectivity index is 2.44. The first-order chi connectivity index (χ1) is 10.1. The maximum atomic E-state index is 9.35. The fourth-order valence-electron chi connectivity index (χ4n) is 1.77. The second kappa shape index (κ2) is 6.72. The third-order valence-electron chi connectivity index (χ3n) is 2.78. The van der Waals surface area contributed by atoms with Gasteiger partial charge in [-0.3, -0.25) is 10.8 Å². The van der Waals surface area contributed by atoms with Crippen LogP contribution in [0.4, 0.5) is 0 Å². The van der Waals surface area contributed by atoms with E-state index in [2.05, 4.69) is 0 Å². The average Bonchev–Trinajstić information content (AvgIpc) is 2.48. The number of rotatable bonds is 4. The summed E-state index contributed by atoms with van der Waals surface area (Å²) in [4.78, 5) is 0. The van der Waals surface area contributed by atoms with Gasteiger partial charge in [0, 0.05) is 10.6 Å². The molecule has 3 N–H and O–H groups in total. The van der Waals surface area contributed by atoms with Gasteiger partial charge in [-0.1, -0.05) is 35.9 Å². The smallest absolute Gasteiger partial charge is 0.221 e. The molecule has 2 aromatic carbocycles. The van der Waals surface area contributed by atoms with Crippen molar-refractivity contribution in [2.45, 2.75) is 0 Å².